The molecule has 1 amide bonds. The maximum absolute atomic E-state index is 12.7. The highest BCUT2D eigenvalue weighted by Gasteiger charge is 2.19. The van der Waals surface area contributed by atoms with Gasteiger partial charge in [-0.05, 0) is 40.8 Å². The van der Waals surface area contributed by atoms with Crippen LogP contribution in [-0.4, -0.2) is 30.4 Å². The number of hydrogen-bond donors (Lipinski definition) is 1. The predicted molar refractivity (Wildman–Crippen MR) is 116 cm³/mol. The van der Waals surface area contributed by atoms with Crippen LogP contribution >= 0.6 is 0 Å². The van der Waals surface area contributed by atoms with E-state index >= 15 is 0 Å². The molecule has 3 nitrogen and oxygen atoms in total. The fourth-order valence-electron chi connectivity index (χ4n) is 3.90. The predicted octanol–water partition coefficient (Wildman–Crippen LogP) is 4.81. The third-order valence-corrected chi connectivity index (χ3v) is 5.56. The average Bonchev–Trinajstić information content (AvgIpc) is 2.77. The van der Waals surface area contributed by atoms with Crippen molar-refractivity contribution in [3.63, 3.8) is 0 Å². The van der Waals surface area contributed by atoms with Crippen molar-refractivity contribution >= 4 is 22.3 Å². The van der Waals surface area contributed by atoms with Crippen LogP contribution in [0.25, 0.3) is 16.3 Å². The summed E-state index contributed by atoms with van der Waals surface area (Å²) < 4.78 is 0. The zero-order valence-electron chi connectivity index (χ0n) is 16.3. The number of carbonyl (C=O) groups excluding carboxylic acids is 1. The second-order valence-corrected chi connectivity index (χ2v) is 7.36. The first-order chi connectivity index (χ1) is 13.7. The summed E-state index contributed by atoms with van der Waals surface area (Å²) in [5.74, 6) is 0.162. The van der Waals surface area contributed by atoms with Gasteiger partial charge in [0.05, 0.1) is 6.54 Å². The fraction of sp³-hybridized carbons (Fsp3) is 0.240. The average molecular weight is 370 g/mol. The summed E-state index contributed by atoms with van der Waals surface area (Å²) in [4.78, 5) is 14.6. The van der Waals surface area contributed by atoms with Crippen LogP contribution in [0.3, 0.4) is 0 Å². The Morgan fingerprint density at radius 1 is 1.00 bits per heavy atom. The maximum atomic E-state index is 12.7. The molecule has 1 atom stereocenters. The number of fused-ring (bicyclic) bond motifs is 1. The zero-order chi connectivity index (χ0) is 19.3. The first-order valence-electron chi connectivity index (χ1n) is 9.95. The summed E-state index contributed by atoms with van der Waals surface area (Å²) in [5, 5.41) is 5.89. The Balaban J connectivity index is 1.36. The van der Waals surface area contributed by atoms with Gasteiger partial charge in [0.15, 0.2) is 0 Å². The monoisotopic (exact) mass is 370 g/mol. The molecule has 3 heteroatoms. The van der Waals surface area contributed by atoms with Gasteiger partial charge in [0.2, 0.25) is 5.91 Å². The number of hydrogen-bond acceptors (Lipinski definition) is 2. The minimum atomic E-state index is 0.121. The van der Waals surface area contributed by atoms with Crippen molar-refractivity contribution in [3.05, 3.63) is 90.0 Å². The van der Waals surface area contributed by atoms with Crippen LogP contribution in [0.4, 0.5) is 0 Å². The molecular weight excluding hydrogens is 344 g/mol. The number of rotatable bonds is 5. The maximum Gasteiger partial charge on any atom is 0.236 e. The van der Waals surface area contributed by atoms with Gasteiger partial charge in [0.1, 0.15) is 0 Å². The van der Waals surface area contributed by atoms with Gasteiger partial charge in [-0.1, -0.05) is 78.9 Å². The fourth-order valence-corrected chi connectivity index (χ4v) is 3.90. The van der Waals surface area contributed by atoms with Crippen molar-refractivity contribution in [1.29, 1.82) is 0 Å². The van der Waals surface area contributed by atoms with Gasteiger partial charge < -0.3 is 10.2 Å². The Morgan fingerprint density at radius 3 is 2.54 bits per heavy atom. The quantitative estimate of drug-likeness (QED) is 0.699. The largest absolute Gasteiger partial charge is 0.338 e. The van der Waals surface area contributed by atoms with Gasteiger partial charge in [-0.15, -0.1) is 0 Å². The molecule has 28 heavy (non-hydrogen) atoms. The van der Waals surface area contributed by atoms with E-state index in [1.807, 2.05) is 11.0 Å². The highest BCUT2D eigenvalue weighted by atomic mass is 16.2. The number of benzene rings is 3. The molecule has 0 spiro atoms. The molecule has 0 bridgehead atoms. The molecule has 1 heterocycles. The van der Waals surface area contributed by atoms with Gasteiger partial charge >= 0.3 is 0 Å². The van der Waals surface area contributed by atoms with Gasteiger partial charge in [0, 0.05) is 19.1 Å². The molecule has 1 aliphatic rings. The van der Waals surface area contributed by atoms with Crippen molar-refractivity contribution in [2.75, 3.05) is 19.6 Å². The van der Waals surface area contributed by atoms with Crippen molar-refractivity contribution in [1.82, 2.24) is 10.2 Å². The van der Waals surface area contributed by atoms with Crippen molar-refractivity contribution in [2.45, 2.75) is 19.4 Å². The van der Waals surface area contributed by atoms with E-state index in [-0.39, 0.29) is 11.9 Å². The van der Waals surface area contributed by atoms with E-state index in [4.69, 9.17) is 0 Å². The number of nitrogens with one attached hydrogen (secondary N) is 1. The van der Waals surface area contributed by atoms with Gasteiger partial charge in [-0.25, -0.2) is 0 Å². The molecule has 0 radical (unpaired) electrons. The minimum Gasteiger partial charge on any atom is -0.338 e. The van der Waals surface area contributed by atoms with E-state index in [1.165, 1.54) is 27.5 Å². The van der Waals surface area contributed by atoms with E-state index in [0.717, 1.165) is 13.0 Å². The molecule has 3 aromatic carbocycles. The molecule has 0 unspecified atom stereocenters. The molecular formula is C25H26N2O. The van der Waals surface area contributed by atoms with E-state index < -0.39 is 0 Å². The highest BCUT2D eigenvalue weighted by molar-refractivity contribution is 5.86. The summed E-state index contributed by atoms with van der Waals surface area (Å²) in [6.45, 7) is 3.95. The molecule has 0 aliphatic carbocycles. The Hall–Kier alpha value is -2.91. The Labute approximate surface area is 166 Å². The third-order valence-electron chi connectivity index (χ3n) is 5.56. The first-order valence-corrected chi connectivity index (χ1v) is 9.95. The van der Waals surface area contributed by atoms with Crippen LogP contribution in [0, 0.1) is 0 Å². The topological polar surface area (TPSA) is 32.3 Å². The SMILES string of the molecule is C[C@@H](NCC(=O)N1CC=C(c2ccccc2)CC1)c1cccc2ccccc12. The van der Waals surface area contributed by atoms with Crippen LogP contribution in [0.5, 0.6) is 0 Å². The molecule has 0 saturated carbocycles. The number of nitrogens with zero attached hydrogens (tertiary/aromatic N) is 1. The lowest BCUT2D eigenvalue weighted by atomic mass is 9.99. The van der Waals surface area contributed by atoms with Gasteiger partial charge in [-0.3, -0.25) is 4.79 Å². The smallest absolute Gasteiger partial charge is 0.236 e. The molecule has 0 saturated heterocycles. The summed E-state index contributed by atoms with van der Waals surface area (Å²) in [7, 11) is 0. The molecule has 1 N–H and O–H groups in total. The van der Waals surface area contributed by atoms with Crippen molar-refractivity contribution in [3.8, 4) is 0 Å². The summed E-state index contributed by atoms with van der Waals surface area (Å²) >= 11 is 0. The molecule has 0 fully saturated rings. The van der Waals surface area contributed by atoms with Crippen molar-refractivity contribution < 1.29 is 4.79 Å². The molecule has 4 rings (SSSR count). The third kappa shape index (κ3) is 4.00. The number of carbonyl (C=O) groups is 1. The Kier molecular flexibility index (Phi) is 5.54. The number of amides is 1. The van der Waals surface area contributed by atoms with Gasteiger partial charge in [-0.2, -0.15) is 0 Å². The van der Waals surface area contributed by atoms with Crippen LogP contribution in [0.1, 0.15) is 30.5 Å². The normalized spacial score (nSPS) is 15.3. The summed E-state index contributed by atoms with van der Waals surface area (Å²) in [6, 6.07) is 25.3. The molecule has 142 valence electrons. The second kappa shape index (κ2) is 8.41. The Bertz CT molecular complexity index is 988. The molecule has 3 aromatic rings. The standard InChI is InChI=1S/C25H26N2O/c1-19(23-13-7-11-22-10-5-6-12-24(22)23)26-18-25(28)27-16-14-21(15-17-27)20-8-3-2-4-9-20/h2-14,19,26H,15-18H2,1H3/t19-/m1/s1. The zero-order valence-corrected chi connectivity index (χ0v) is 16.3. The van der Waals surface area contributed by atoms with E-state index in [1.54, 1.807) is 0 Å². The van der Waals surface area contributed by atoms with Crippen LogP contribution in [0.2, 0.25) is 0 Å². The highest BCUT2D eigenvalue weighted by Crippen LogP contribution is 2.24. The molecule has 0 aromatic heterocycles. The summed E-state index contributed by atoms with van der Waals surface area (Å²) in [5.41, 5.74) is 3.83. The van der Waals surface area contributed by atoms with Crippen LogP contribution < -0.4 is 5.32 Å². The van der Waals surface area contributed by atoms with Crippen molar-refractivity contribution in [2.24, 2.45) is 0 Å². The van der Waals surface area contributed by atoms with E-state index in [9.17, 15) is 4.79 Å². The van der Waals surface area contributed by atoms with E-state index in [0.29, 0.717) is 13.1 Å². The Morgan fingerprint density at radius 2 is 1.75 bits per heavy atom. The lowest BCUT2D eigenvalue weighted by molar-refractivity contribution is -0.129. The lowest BCUT2D eigenvalue weighted by Crippen LogP contribution is -2.41. The lowest BCUT2D eigenvalue weighted by Gasteiger charge is -2.27. The van der Waals surface area contributed by atoms with Gasteiger partial charge in [0.25, 0.3) is 0 Å². The van der Waals surface area contributed by atoms with Crippen LogP contribution in [-0.2, 0) is 4.79 Å². The first kappa shape index (κ1) is 18.5. The minimum absolute atomic E-state index is 0.121. The second-order valence-electron chi connectivity index (χ2n) is 7.36. The molecule has 1 aliphatic heterocycles. The van der Waals surface area contributed by atoms with E-state index in [2.05, 4.69) is 85.0 Å². The summed E-state index contributed by atoms with van der Waals surface area (Å²) in [6.07, 6.45) is 3.10. The van der Waals surface area contributed by atoms with Crippen LogP contribution in [0.15, 0.2) is 78.9 Å².